The van der Waals surface area contributed by atoms with E-state index in [-0.39, 0.29) is 5.60 Å². The molecule has 0 bridgehead atoms. The van der Waals surface area contributed by atoms with Crippen LogP contribution in [0.3, 0.4) is 0 Å². The second-order valence-electron chi connectivity index (χ2n) is 4.85. The number of aromatic nitrogens is 1. The van der Waals surface area contributed by atoms with Crippen LogP contribution < -0.4 is 15.4 Å². The average Bonchev–Trinajstić information content (AvgIpc) is 2.47. The second kappa shape index (κ2) is 8.37. The zero-order valence-corrected chi connectivity index (χ0v) is 12.6. The van der Waals surface area contributed by atoms with Crippen LogP contribution in [0, 0.1) is 0 Å². The van der Waals surface area contributed by atoms with E-state index < -0.39 is 0 Å². The van der Waals surface area contributed by atoms with Crippen LogP contribution in [-0.4, -0.2) is 50.4 Å². The highest BCUT2D eigenvalue weighted by atomic mass is 16.5. The highest BCUT2D eigenvalue weighted by molar-refractivity contribution is 5.79. The molecule has 6 heteroatoms. The van der Waals surface area contributed by atoms with Crippen LogP contribution >= 0.6 is 0 Å². The van der Waals surface area contributed by atoms with Crippen molar-refractivity contribution in [3.05, 3.63) is 24.5 Å². The van der Waals surface area contributed by atoms with Gasteiger partial charge in [-0.05, 0) is 26.0 Å². The Balaban J connectivity index is 2.22. The van der Waals surface area contributed by atoms with Gasteiger partial charge in [0.2, 0.25) is 0 Å². The molecule has 1 heterocycles. The standard InChI is InChI=1S/C14H24N4O2/c1-14(2,19-4)11-18-13(15-3)17-8-9-20-12-6-5-7-16-10-12/h5-7,10H,8-9,11H2,1-4H3,(H2,15,17,18). The van der Waals surface area contributed by atoms with Crippen LogP contribution in [0.1, 0.15) is 13.8 Å². The number of nitrogens with one attached hydrogen (secondary N) is 2. The molecule has 1 aromatic heterocycles. The molecule has 0 aliphatic rings. The Hall–Kier alpha value is -1.82. The number of pyridine rings is 1. The van der Waals surface area contributed by atoms with Gasteiger partial charge in [-0.15, -0.1) is 0 Å². The Morgan fingerprint density at radius 3 is 2.80 bits per heavy atom. The van der Waals surface area contributed by atoms with Crippen molar-refractivity contribution >= 4 is 5.96 Å². The van der Waals surface area contributed by atoms with Gasteiger partial charge in [0.05, 0.1) is 18.3 Å². The maximum Gasteiger partial charge on any atom is 0.191 e. The number of guanidine groups is 1. The Labute approximate surface area is 120 Å². The van der Waals surface area contributed by atoms with Crippen LogP contribution in [0.2, 0.25) is 0 Å². The monoisotopic (exact) mass is 280 g/mol. The summed E-state index contributed by atoms with van der Waals surface area (Å²) < 4.78 is 10.9. The summed E-state index contributed by atoms with van der Waals surface area (Å²) in [5.74, 6) is 1.49. The van der Waals surface area contributed by atoms with Crippen LogP contribution in [0.4, 0.5) is 0 Å². The summed E-state index contributed by atoms with van der Waals surface area (Å²) in [5.41, 5.74) is -0.232. The Kier molecular flexibility index (Phi) is 6.79. The lowest BCUT2D eigenvalue weighted by Gasteiger charge is -2.24. The van der Waals surface area contributed by atoms with Gasteiger partial charge >= 0.3 is 0 Å². The van der Waals surface area contributed by atoms with Crippen molar-refractivity contribution in [2.75, 3.05) is 33.9 Å². The van der Waals surface area contributed by atoms with Crippen molar-refractivity contribution < 1.29 is 9.47 Å². The minimum absolute atomic E-state index is 0.232. The molecule has 0 aliphatic heterocycles. The van der Waals surface area contributed by atoms with Crippen molar-refractivity contribution in [1.82, 2.24) is 15.6 Å². The van der Waals surface area contributed by atoms with Gasteiger partial charge < -0.3 is 20.1 Å². The number of nitrogens with zero attached hydrogens (tertiary/aromatic N) is 2. The summed E-state index contributed by atoms with van der Waals surface area (Å²) in [5, 5.41) is 6.38. The van der Waals surface area contributed by atoms with Crippen LogP contribution in [0.5, 0.6) is 5.75 Å². The average molecular weight is 280 g/mol. The quantitative estimate of drug-likeness (QED) is 0.444. The molecule has 0 radical (unpaired) electrons. The van der Waals surface area contributed by atoms with Gasteiger partial charge in [0, 0.05) is 26.9 Å². The molecule has 1 rings (SSSR count). The molecule has 112 valence electrons. The second-order valence-corrected chi connectivity index (χ2v) is 4.85. The maximum absolute atomic E-state index is 5.54. The van der Waals surface area contributed by atoms with Crippen LogP contribution in [0.15, 0.2) is 29.5 Å². The van der Waals surface area contributed by atoms with E-state index in [4.69, 9.17) is 9.47 Å². The molecule has 0 unspecified atom stereocenters. The molecule has 0 spiro atoms. The lowest BCUT2D eigenvalue weighted by molar-refractivity contribution is 0.0268. The predicted octanol–water partition coefficient (Wildman–Crippen LogP) is 1.05. The van der Waals surface area contributed by atoms with E-state index in [2.05, 4.69) is 20.6 Å². The van der Waals surface area contributed by atoms with Gasteiger partial charge in [-0.25, -0.2) is 0 Å². The molecular formula is C14H24N4O2. The summed E-state index contributed by atoms with van der Waals surface area (Å²) in [6.45, 7) is 5.90. The molecule has 20 heavy (non-hydrogen) atoms. The third-order valence-corrected chi connectivity index (χ3v) is 2.76. The van der Waals surface area contributed by atoms with E-state index in [1.807, 2.05) is 26.0 Å². The lowest BCUT2D eigenvalue weighted by Crippen LogP contribution is -2.46. The van der Waals surface area contributed by atoms with Crippen molar-refractivity contribution in [1.29, 1.82) is 0 Å². The fourth-order valence-corrected chi connectivity index (χ4v) is 1.36. The van der Waals surface area contributed by atoms with Gasteiger partial charge in [-0.3, -0.25) is 9.98 Å². The van der Waals surface area contributed by atoms with Crippen molar-refractivity contribution in [2.45, 2.75) is 19.4 Å². The molecule has 1 aromatic rings. The molecule has 2 N–H and O–H groups in total. The number of rotatable bonds is 7. The van der Waals surface area contributed by atoms with Gasteiger partial charge in [-0.2, -0.15) is 0 Å². The molecule has 0 atom stereocenters. The molecule has 0 aromatic carbocycles. The summed E-state index contributed by atoms with van der Waals surface area (Å²) in [6.07, 6.45) is 3.41. The van der Waals surface area contributed by atoms with Gasteiger partial charge in [0.1, 0.15) is 12.4 Å². The SMILES string of the molecule is CN=C(NCCOc1cccnc1)NCC(C)(C)OC. The third-order valence-electron chi connectivity index (χ3n) is 2.76. The minimum Gasteiger partial charge on any atom is -0.490 e. The smallest absolute Gasteiger partial charge is 0.191 e. The van der Waals surface area contributed by atoms with Crippen molar-refractivity contribution in [3.63, 3.8) is 0 Å². The number of hydrogen-bond acceptors (Lipinski definition) is 4. The topological polar surface area (TPSA) is 67.8 Å². The highest BCUT2D eigenvalue weighted by Gasteiger charge is 2.16. The number of ether oxygens (including phenoxy) is 2. The van der Waals surface area contributed by atoms with E-state index in [0.717, 1.165) is 11.7 Å². The first-order valence-corrected chi connectivity index (χ1v) is 6.60. The molecule has 6 nitrogen and oxygen atoms in total. The summed E-state index contributed by atoms with van der Waals surface area (Å²) >= 11 is 0. The molecule has 0 fully saturated rings. The number of hydrogen-bond donors (Lipinski definition) is 2. The largest absolute Gasteiger partial charge is 0.490 e. The Bertz CT molecular complexity index is 407. The van der Waals surface area contributed by atoms with E-state index in [1.54, 1.807) is 26.6 Å². The van der Waals surface area contributed by atoms with Crippen LogP contribution in [0.25, 0.3) is 0 Å². The molecular weight excluding hydrogens is 256 g/mol. The van der Waals surface area contributed by atoms with Gasteiger partial charge in [0.25, 0.3) is 0 Å². The van der Waals surface area contributed by atoms with Gasteiger partial charge in [-0.1, -0.05) is 0 Å². The molecule has 0 saturated heterocycles. The third kappa shape index (κ3) is 6.38. The molecule has 0 aliphatic carbocycles. The maximum atomic E-state index is 5.54. The number of methoxy groups -OCH3 is 1. The molecule has 0 saturated carbocycles. The zero-order chi connectivity index (χ0) is 14.8. The predicted molar refractivity (Wildman–Crippen MR) is 80.2 cm³/mol. The first kappa shape index (κ1) is 16.2. The Morgan fingerprint density at radius 2 is 2.20 bits per heavy atom. The fourth-order valence-electron chi connectivity index (χ4n) is 1.36. The van der Waals surface area contributed by atoms with Crippen molar-refractivity contribution in [3.8, 4) is 5.75 Å². The normalized spacial score (nSPS) is 12.1. The lowest BCUT2D eigenvalue weighted by atomic mass is 10.1. The first-order valence-electron chi connectivity index (χ1n) is 6.60. The van der Waals surface area contributed by atoms with Crippen molar-refractivity contribution in [2.24, 2.45) is 4.99 Å². The Morgan fingerprint density at radius 1 is 1.40 bits per heavy atom. The van der Waals surface area contributed by atoms with E-state index in [0.29, 0.717) is 19.7 Å². The minimum atomic E-state index is -0.232. The van der Waals surface area contributed by atoms with E-state index in [9.17, 15) is 0 Å². The van der Waals surface area contributed by atoms with E-state index >= 15 is 0 Å². The highest BCUT2D eigenvalue weighted by Crippen LogP contribution is 2.05. The van der Waals surface area contributed by atoms with Gasteiger partial charge in [0.15, 0.2) is 5.96 Å². The fraction of sp³-hybridized carbons (Fsp3) is 0.571. The summed E-state index contributed by atoms with van der Waals surface area (Å²) in [4.78, 5) is 8.13. The molecule has 0 amide bonds. The summed E-state index contributed by atoms with van der Waals surface area (Å²) in [7, 11) is 3.43. The van der Waals surface area contributed by atoms with E-state index in [1.165, 1.54) is 0 Å². The zero-order valence-electron chi connectivity index (χ0n) is 12.6. The first-order chi connectivity index (χ1) is 9.57. The summed E-state index contributed by atoms with van der Waals surface area (Å²) in [6, 6.07) is 3.72. The van der Waals surface area contributed by atoms with Crippen LogP contribution in [-0.2, 0) is 4.74 Å². The number of aliphatic imine (C=N–C) groups is 1.